The third-order valence-corrected chi connectivity index (χ3v) is 3.47. The van der Waals surface area contributed by atoms with Gasteiger partial charge >= 0.3 is 0 Å². The van der Waals surface area contributed by atoms with E-state index in [-0.39, 0.29) is 0 Å². The Hall–Kier alpha value is -2.51. The molecule has 0 fully saturated rings. The lowest BCUT2D eigenvalue weighted by molar-refractivity contribution is 0.0955. The Bertz CT molecular complexity index is 664. The van der Waals surface area contributed by atoms with E-state index in [1.807, 2.05) is 0 Å². The average molecular weight is 283 g/mol. The van der Waals surface area contributed by atoms with Crippen LogP contribution in [0.5, 0.6) is 11.5 Å². The predicted octanol–water partition coefficient (Wildman–Crippen LogP) is 2.83. The lowest BCUT2D eigenvalue weighted by Gasteiger charge is -2.28. The summed E-state index contributed by atoms with van der Waals surface area (Å²) in [6.07, 6.45) is 0. The third kappa shape index (κ3) is 2.69. The molecule has 1 atom stereocenters. The molecule has 4 nitrogen and oxygen atoms in total. The van der Waals surface area contributed by atoms with Gasteiger partial charge in [0.1, 0.15) is 17.1 Å². The molecule has 0 aromatic heterocycles. The lowest BCUT2D eigenvalue weighted by Crippen LogP contribution is -2.24. The Balaban J connectivity index is 2.65. The number of hydrogen-bond donors (Lipinski definition) is 1. The molecular formula is C17H17NO3. The summed E-state index contributed by atoms with van der Waals surface area (Å²) < 4.78 is 10.7. The monoisotopic (exact) mass is 283 g/mol. The van der Waals surface area contributed by atoms with Crippen molar-refractivity contribution in [2.75, 3.05) is 14.2 Å². The molecule has 0 spiro atoms. The highest BCUT2D eigenvalue weighted by Crippen LogP contribution is 2.41. The second-order valence-electron chi connectivity index (χ2n) is 4.80. The minimum atomic E-state index is -1.34. The number of nitrogens with zero attached hydrogens (tertiary/aromatic N) is 1. The van der Waals surface area contributed by atoms with Crippen molar-refractivity contribution in [1.29, 1.82) is 5.26 Å². The van der Waals surface area contributed by atoms with E-state index in [0.29, 0.717) is 28.2 Å². The highest BCUT2D eigenvalue weighted by atomic mass is 16.5. The quantitative estimate of drug-likeness (QED) is 0.937. The van der Waals surface area contributed by atoms with Gasteiger partial charge in [0, 0.05) is 0 Å². The van der Waals surface area contributed by atoms with Crippen molar-refractivity contribution in [1.82, 2.24) is 0 Å². The zero-order valence-electron chi connectivity index (χ0n) is 12.3. The fraction of sp³-hybridized carbons (Fsp3) is 0.235. The maximum atomic E-state index is 11.0. The molecule has 4 heteroatoms. The van der Waals surface area contributed by atoms with Crippen LogP contribution in [0, 0.1) is 11.3 Å². The van der Waals surface area contributed by atoms with Crippen LogP contribution in [0.3, 0.4) is 0 Å². The minimum Gasteiger partial charge on any atom is -0.496 e. The molecule has 0 saturated heterocycles. The van der Waals surface area contributed by atoms with E-state index >= 15 is 0 Å². The van der Waals surface area contributed by atoms with Gasteiger partial charge in [-0.25, -0.2) is 0 Å². The van der Waals surface area contributed by atoms with E-state index in [0.717, 1.165) is 0 Å². The molecule has 0 aliphatic carbocycles. The number of nitriles is 1. The third-order valence-electron chi connectivity index (χ3n) is 3.47. The number of ether oxygens (including phenoxy) is 2. The molecule has 0 bridgehead atoms. The molecule has 0 amide bonds. The lowest BCUT2D eigenvalue weighted by atomic mass is 9.86. The van der Waals surface area contributed by atoms with Crippen molar-refractivity contribution >= 4 is 0 Å². The zero-order chi connectivity index (χ0) is 15.5. The van der Waals surface area contributed by atoms with Gasteiger partial charge in [-0.3, -0.25) is 0 Å². The maximum Gasteiger partial charge on any atom is 0.129 e. The summed E-state index contributed by atoms with van der Waals surface area (Å²) in [5.74, 6) is 1.06. The first-order valence-electron chi connectivity index (χ1n) is 6.49. The van der Waals surface area contributed by atoms with E-state index in [1.165, 1.54) is 0 Å². The van der Waals surface area contributed by atoms with Crippen LogP contribution in [0.25, 0.3) is 0 Å². The van der Waals surface area contributed by atoms with Gasteiger partial charge in [0.05, 0.1) is 31.4 Å². The predicted molar refractivity (Wildman–Crippen MR) is 79.4 cm³/mol. The molecule has 2 aromatic carbocycles. The molecule has 0 aliphatic rings. The van der Waals surface area contributed by atoms with E-state index in [2.05, 4.69) is 6.07 Å². The summed E-state index contributed by atoms with van der Waals surface area (Å²) >= 11 is 0. The number of benzene rings is 2. The first-order chi connectivity index (χ1) is 10.0. The second-order valence-corrected chi connectivity index (χ2v) is 4.80. The van der Waals surface area contributed by atoms with Crippen molar-refractivity contribution in [2.45, 2.75) is 12.5 Å². The average Bonchev–Trinajstić information content (AvgIpc) is 2.53. The SMILES string of the molecule is COc1cccc(OC)c1C(C)(O)c1cccc(C#N)c1. The molecule has 2 rings (SSSR count). The topological polar surface area (TPSA) is 62.5 Å². The molecule has 1 N–H and O–H groups in total. The Labute approximate surface area is 124 Å². The highest BCUT2D eigenvalue weighted by molar-refractivity contribution is 5.53. The van der Waals surface area contributed by atoms with Gasteiger partial charge in [0.15, 0.2) is 0 Å². The molecule has 0 aliphatic heterocycles. The molecule has 0 saturated carbocycles. The number of rotatable bonds is 4. The van der Waals surface area contributed by atoms with Gasteiger partial charge in [0.25, 0.3) is 0 Å². The molecule has 108 valence electrons. The van der Waals surface area contributed by atoms with Gasteiger partial charge < -0.3 is 14.6 Å². The van der Waals surface area contributed by atoms with Crippen LogP contribution < -0.4 is 9.47 Å². The largest absolute Gasteiger partial charge is 0.496 e. The zero-order valence-corrected chi connectivity index (χ0v) is 12.3. The maximum absolute atomic E-state index is 11.0. The van der Waals surface area contributed by atoms with Gasteiger partial charge in [-0.15, -0.1) is 0 Å². The summed E-state index contributed by atoms with van der Waals surface area (Å²) in [5.41, 5.74) is 0.279. The van der Waals surface area contributed by atoms with Gasteiger partial charge in [-0.05, 0) is 36.8 Å². The Morgan fingerprint density at radius 3 is 2.14 bits per heavy atom. The molecular weight excluding hydrogens is 266 g/mol. The Morgan fingerprint density at radius 1 is 1.05 bits per heavy atom. The number of hydrogen-bond acceptors (Lipinski definition) is 4. The van der Waals surface area contributed by atoms with E-state index < -0.39 is 5.60 Å². The summed E-state index contributed by atoms with van der Waals surface area (Å²) in [5, 5.41) is 20.1. The standard InChI is InChI=1S/C17H17NO3/c1-17(19,13-7-4-6-12(10-13)11-18)16-14(20-2)8-5-9-15(16)21-3/h4-10,19H,1-3H3. The van der Waals surface area contributed by atoms with Crippen LogP contribution in [0.15, 0.2) is 42.5 Å². The van der Waals surface area contributed by atoms with Crippen LogP contribution in [0.1, 0.15) is 23.6 Å². The van der Waals surface area contributed by atoms with Crippen LogP contribution in [0.2, 0.25) is 0 Å². The first kappa shape index (κ1) is 14.9. The Morgan fingerprint density at radius 2 is 1.62 bits per heavy atom. The van der Waals surface area contributed by atoms with E-state index in [4.69, 9.17) is 14.7 Å². The van der Waals surface area contributed by atoms with E-state index in [1.54, 1.807) is 63.6 Å². The molecule has 0 heterocycles. The van der Waals surface area contributed by atoms with Crippen LogP contribution in [-0.4, -0.2) is 19.3 Å². The van der Waals surface area contributed by atoms with Crippen molar-refractivity contribution < 1.29 is 14.6 Å². The normalized spacial score (nSPS) is 13.1. The minimum absolute atomic E-state index is 0.488. The smallest absolute Gasteiger partial charge is 0.129 e. The second kappa shape index (κ2) is 5.86. The molecule has 2 aromatic rings. The van der Waals surface area contributed by atoms with Crippen molar-refractivity contribution in [3.05, 3.63) is 59.2 Å². The number of aliphatic hydroxyl groups is 1. The summed E-state index contributed by atoms with van der Waals surface area (Å²) in [4.78, 5) is 0. The van der Waals surface area contributed by atoms with Gasteiger partial charge in [0.2, 0.25) is 0 Å². The van der Waals surface area contributed by atoms with Crippen LogP contribution >= 0.6 is 0 Å². The van der Waals surface area contributed by atoms with Crippen molar-refractivity contribution in [2.24, 2.45) is 0 Å². The van der Waals surface area contributed by atoms with Crippen LogP contribution in [0.4, 0.5) is 0 Å². The fourth-order valence-electron chi connectivity index (χ4n) is 2.37. The van der Waals surface area contributed by atoms with E-state index in [9.17, 15) is 5.11 Å². The van der Waals surface area contributed by atoms with Crippen molar-refractivity contribution in [3.63, 3.8) is 0 Å². The van der Waals surface area contributed by atoms with Crippen LogP contribution in [-0.2, 0) is 5.60 Å². The first-order valence-corrected chi connectivity index (χ1v) is 6.49. The summed E-state index contributed by atoms with van der Waals surface area (Å²) in [6.45, 7) is 1.66. The molecule has 21 heavy (non-hydrogen) atoms. The van der Waals surface area contributed by atoms with Gasteiger partial charge in [-0.2, -0.15) is 5.26 Å². The molecule has 0 radical (unpaired) electrons. The summed E-state index contributed by atoms with van der Waals surface area (Å²) in [7, 11) is 3.08. The Kier molecular flexibility index (Phi) is 4.15. The molecule has 1 unspecified atom stereocenters. The highest BCUT2D eigenvalue weighted by Gasteiger charge is 2.32. The van der Waals surface area contributed by atoms with Crippen molar-refractivity contribution in [3.8, 4) is 17.6 Å². The van der Waals surface area contributed by atoms with Gasteiger partial charge in [-0.1, -0.05) is 18.2 Å². The number of methoxy groups -OCH3 is 2. The fourth-order valence-corrected chi connectivity index (χ4v) is 2.37. The summed E-state index contributed by atoms with van der Waals surface area (Å²) in [6, 6.07) is 14.3.